The van der Waals surface area contributed by atoms with Gasteiger partial charge in [0.25, 0.3) is 11.8 Å². The van der Waals surface area contributed by atoms with Gasteiger partial charge < -0.3 is 15.5 Å². The molecule has 35 heavy (non-hydrogen) atoms. The summed E-state index contributed by atoms with van der Waals surface area (Å²) in [6.07, 6.45) is 2.79. The number of halogens is 1. The van der Waals surface area contributed by atoms with E-state index in [9.17, 15) is 18.8 Å². The SMILES string of the molecule is CC.NC(=O)c1nn(-c2cccc(F)c2)c2c1CCN(c1ccc(N3CCCCC3=O)cc1)C2=O. The third-order valence-electron chi connectivity index (χ3n) is 6.10. The molecular weight excluding hydrogens is 449 g/mol. The topological polar surface area (TPSA) is 102 Å². The molecule has 2 aliphatic rings. The van der Waals surface area contributed by atoms with Crippen LogP contribution in [0.3, 0.4) is 0 Å². The summed E-state index contributed by atoms with van der Waals surface area (Å²) in [6.45, 7) is 5.02. The monoisotopic (exact) mass is 477 g/mol. The number of nitrogens with two attached hydrogens (primary N) is 1. The van der Waals surface area contributed by atoms with Gasteiger partial charge in [-0.3, -0.25) is 14.4 Å². The number of anilines is 2. The lowest BCUT2D eigenvalue weighted by Gasteiger charge is -2.29. The van der Waals surface area contributed by atoms with Gasteiger partial charge in [-0.05, 0) is 61.7 Å². The van der Waals surface area contributed by atoms with Gasteiger partial charge in [0.15, 0.2) is 5.69 Å². The van der Waals surface area contributed by atoms with Crippen molar-refractivity contribution in [3.8, 4) is 5.69 Å². The molecule has 0 unspecified atom stereocenters. The van der Waals surface area contributed by atoms with Crippen molar-refractivity contribution in [2.24, 2.45) is 5.73 Å². The lowest BCUT2D eigenvalue weighted by Crippen LogP contribution is -2.39. The summed E-state index contributed by atoms with van der Waals surface area (Å²) >= 11 is 0. The number of hydrogen-bond acceptors (Lipinski definition) is 4. The van der Waals surface area contributed by atoms with E-state index in [1.54, 1.807) is 28.0 Å². The van der Waals surface area contributed by atoms with Gasteiger partial charge in [-0.25, -0.2) is 9.07 Å². The number of nitrogens with zero attached hydrogens (tertiary/aromatic N) is 4. The molecule has 0 radical (unpaired) electrons. The fourth-order valence-corrected chi connectivity index (χ4v) is 4.49. The van der Waals surface area contributed by atoms with E-state index in [0.29, 0.717) is 42.9 Å². The van der Waals surface area contributed by atoms with Crippen LogP contribution < -0.4 is 15.5 Å². The van der Waals surface area contributed by atoms with Gasteiger partial charge >= 0.3 is 0 Å². The maximum Gasteiger partial charge on any atom is 0.277 e. The highest BCUT2D eigenvalue weighted by Gasteiger charge is 2.34. The van der Waals surface area contributed by atoms with Crippen molar-refractivity contribution in [3.63, 3.8) is 0 Å². The standard InChI is InChI=1S/C24H22FN5O3.C2H6/c25-15-4-3-5-18(14-15)30-22-19(21(27-30)23(26)32)11-13-29(24(22)33)17-9-7-16(8-10-17)28-12-2-1-6-20(28)31;1-2/h3-5,7-10,14H,1-2,6,11-13H2,(H2,26,32);1-2H3. The fourth-order valence-electron chi connectivity index (χ4n) is 4.49. The first-order valence-corrected chi connectivity index (χ1v) is 11.8. The normalized spacial score (nSPS) is 15.4. The smallest absolute Gasteiger partial charge is 0.277 e. The number of piperidine rings is 1. The van der Waals surface area contributed by atoms with Crippen LogP contribution in [-0.2, 0) is 11.2 Å². The minimum atomic E-state index is -0.738. The summed E-state index contributed by atoms with van der Waals surface area (Å²) in [5.74, 6) is -1.48. The number of carbonyl (C=O) groups excluding carboxylic acids is 3. The van der Waals surface area contributed by atoms with E-state index in [1.165, 1.54) is 22.9 Å². The number of fused-ring (bicyclic) bond motifs is 1. The molecule has 1 fully saturated rings. The van der Waals surface area contributed by atoms with Crippen LogP contribution in [0.5, 0.6) is 0 Å². The lowest BCUT2D eigenvalue weighted by molar-refractivity contribution is -0.119. The van der Waals surface area contributed by atoms with Crippen LogP contribution in [0.4, 0.5) is 15.8 Å². The van der Waals surface area contributed by atoms with Crippen molar-refractivity contribution in [1.29, 1.82) is 0 Å². The predicted molar refractivity (Wildman–Crippen MR) is 131 cm³/mol. The van der Waals surface area contributed by atoms with Crippen LogP contribution in [-0.4, -0.2) is 40.6 Å². The molecule has 3 amide bonds. The molecule has 1 aromatic heterocycles. The highest BCUT2D eigenvalue weighted by atomic mass is 19.1. The maximum atomic E-state index is 13.9. The molecular formula is C26H28FN5O3. The Morgan fingerprint density at radius 3 is 2.23 bits per heavy atom. The summed E-state index contributed by atoms with van der Waals surface area (Å²) in [5, 5.41) is 4.25. The van der Waals surface area contributed by atoms with E-state index in [0.717, 1.165) is 18.5 Å². The van der Waals surface area contributed by atoms with Gasteiger partial charge in [0.1, 0.15) is 11.5 Å². The molecule has 2 aliphatic heterocycles. The molecule has 8 nitrogen and oxygen atoms in total. The van der Waals surface area contributed by atoms with Gasteiger partial charge in [0.05, 0.1) is 5.69 Å². The highest BCUT2D eigenvalue weighted by molar-refractivity contribution is 6.09. The second-order valence-electron chi connectivity index (χ2n) is 8.16. The van der Waals surface area contributed by atoms with Gasteiger partial charge in [-0.2, -0.15) is 5.10 Å². The molecule has 0 spiro atoms. The van der Waals surface area contributed by atoms with Crippen LogP contribution in [0.15, 0.2) is 48.5 Å². The third kappa shape index (κ3) is 4.53. The Kier molecular flexibility index (Phi) is 6.95. The predicted octanol–water partition coefficient (Wildman–Crippen LogP) is 3.86. The third-order valence-corrected chi connectivity index (χ3v) is 6.10. The van der Waals surface area contributed by atoms with E-state index in [-0.39, 0.29) is 23.2 Å². The van der Waals surface area contributed by atoms with Crippen molar-refractivity contribution < 1.29 is 18.8 Å². The Hall–Kier alpha value is -4.01. The van der Waals surface area contributed by atoms with Gasteiger partial charge in [-0.15, -0.1) is 0 Å². The Balaban J connectivity index is 0.00000141. The summed E-state index contributed by atoms with van der Waals surface area (Å²) < 4.78 is 15.1. The summed E-state index contributed by atoms with van der Waals surface area (Å²) in [6, 6.07) is 12.9. The first-order chi connectivity index (χ1) is 16.9. The molecule has 0 saturated carbocycles. The summed E-state index contributed by atoms with van der Waals surface area (Å²) in [4.78, 5) is 41.1. The quantitative estimate of drug-likeness (QED) is 0.617. The number of benzene rings is 2. The summed E-state index contributed by atoms with van der Waals surface area (Å²) in [5.41, 5.74) is 7.96. The number of carbonyl (C=O) groups is 3. The Labute approximate surface area is 203 Å². The van der Waals surface area contributed by atoms with Gasteiger partial charge in [-0.1, -0.05) is 19.9 Å². The molecule has 3 aromatic rings. The fraction of sp³-hybridized carbons (Fsp3) is 0.308. The highest BCUT2D eigenvalue weighted by Crippen LogP contribution is 2.30. The first-order valence-electron chi connectivity index (χ1n) is 11.8. The van der Waals surface area contributed by atoms with Crippen LogP contribution in [0.2, 0.25) is 0 Å². The minimum Gasteiger partial charge on any atom is -0.364 e. The molecule has 2 aromatic carbocycles. The Morgan fingerprint density at radius 2 is 1.60 bits per heavy atom. The van der Waals surface area contributed by atoms with E-state index < -0.39 is 11.7 Å². The average Bonchev–Trinajstić information content (AvgIpc) is 3.27. The molecule has 5 rings (SSSR count). The maximum absolute atomic E-state index is 13.9. The molecule has 0 bridgehead atoms. The Morgan fingerprint density at radius 1 is 0.914 bits per heavy atom. The minimum absolute atomic E-state index is 0.0150. The molecule has 9 heteroatoms. The summed E-state index contributed by atoms with van der Waals surface area (Å²) in [7, 11) is 0. The van der Waals surface area contributed by atoms with Crippen molar-refractivity contribution >= 4 is 29.1 Å². The van der Waals surface area contributed by atoms with Crippen LogP contribution in [0, 0.1) is 5.82 Å². The second-order valence-corrected chi connectivity index (χ2v) is 8.16. The molecule has 1 saturated heterocycles. The number of hydrogen-bond donors (Lipinski definition) is 1. The number of rotatable bonds is 4. The van der Waals surface area contributed by atoms with Crippen molar-refractivity contribution in [1.82, 2.24) is 9.78 Å². The number of primary amides is 1. The van der Waals surface area contributed by atoms with E-state index >= 15 is 0 Å². The van der Waals surface area contributed by atoms with Gasteiger partial charge in [0, 0.05) is 36.4 Å². The van der Waals surface area contributed by atoms with Crippen LogP contribution in [0.25, 0.3) is 5.69 Å². The first kappa shape index (κ1) is 24.1. The largest absolute Gasteiger partial charge is 0.364 e. The number of aromatic nitrogens is 2. The second kappa shape index (κ2) is 10.1. The lowest BCUT2D eigenvalue weighted by atomic mass is 10.0. The molecule has 3 heterocycles. The van der Waals surface area contributed by atoms with Crippen LogP contribution >= 0.6 is 0 Å². The molecule has 0 atom stereocenters. The zero-order chi connectivity index (χ0) is 25.1. The van der Waals surface area contributed by atoms with Crippen molar-refractivity contribution in [3.05, 3.63) is 71.3 Å². The Bertz CT molecular complexity index is 1270. The van der Waals surface area contributed by atoms with E-state index in [1.807, 2.05) is 26.0 Å². The van der Waals surface area contributed by atoms with Gasteiger partial charge in [0.2, 0.25) is 5.91 Å². The van der Waals surface area contributed by atoms with Crippen molar-refractivity contribution in [2.75, 3.05) is 22.9 Å². The zero-order valence-electron chi connectivity index (χ0n) is 19.8. The van der Waals surface area contributed by atoms with E-state index in [4.69, 9.17) is 5.73 Å². The molecule has 0 aliphatic carbocycles. The molecule has 182 valence electrons. The van der Waals surface area contributed by atoms with Crippen LogP contribution in [0.1, 0.15) is 59.7 Å². The van der Waals surface area contributed by atoms with E-state index in [2.05, 4.69) is 5.10 Å². The number of amides is 3. The zero-order valence-corrected chi connectivity index (χ0v) is 19.8. The molecule has 2 N–H and O–H groups in total. The van der Waals surface area contributed by atoms with Crippen molar-refractivity contribution in [2.45, 2.75) is 39.5 Å². The average molecular weight is 478 g/mol.